The smallest absolute Gasteiger partial charge is 0 e. The topological polar surface area (TPSA) is 0 Å². The van der Waals surface area contributed by atoms with Gasteiger partial charge in [0.25, 0.3) is 0 Å². The fourth-order valence-electron chi connectivity index (χ4n) is 0.340. The van der Waals surface area contributed by atoms with E-state index in [-0.39, 0.29) is 35.6 Å². The predicted octanol–water partition coefficient (Wildman–Crippen LogP) is 3.83. The van der Waals surface area contributed by atoms with Gasteiger partial charge in [0.05, 0.1) is 0 Å². The summed E-state index contributed by atoms with van der Waals surface area (Å²) in [6.45, 7) is 15.0. The third-order valence-corrected chi connectivity index (χ3v) is 0.586. The average molecular weight is 291 g/mol. The SMILES string of the molecule is [C-]1=CC=CC1.[CH2-]C.[CH2-]C.[CH2-]C.[La]. The van der Waals surface area contributed by atoms with Crippen molar-refractivity contribution in [3.05, 3.63) is 45.1 Å². The van der Waals surface area contributed by atoms with Gasteiger partial charge in [0.2, 0.25) is 0 Å². The summed E-state index contributed by atoms with van der Waals surface area (Å²) in [5.74, 6) is 0. The molecule has 0 spiro atoms. The van der Waals surface area contributed by atoms with Crippen molar-refractivity contribution in [2.45, 2.75) is 27.2 Å². The Labute approximate surface area is 107 Å². The van der Waals surface area contributed by atoms with Gasteiger partial charge in [-0.3, -0.25) is 6.08 Å². The van der Waals surface area contributed by atoms with Crippen LogP contribution in [0.2, 0.25) is 0 Å². The monoisotopic (exact) mass is 291 g/mol. The Morgan fingerprint density at radius 3 is 1.50 bits per heavy atom. The maximum atomic E-state index is 3.25. The molecule has 0 aromatic heterocycles. The van der Waals surface area contributed by atoms with Crippen molar-refractivity contribution in [1.29, 1.82) is 0 Å². The second kappa shape index (κ2) is 41.3. The minimum Gasteiger partial charge on any atom is -0.346 e. The van der Waals surface area contributed by atoms with E-state index in [1.165, 1.54) is 0 Å². The third kappa shape index (κ3) is 31.0. The molecule has 0 saturated heterocycles. The van der Waals surface area contributed by atoms with Crippen LogP contribution in [0.4, 0.5) is 0 Å². The van der Waals surface area contributed by atoms with Crippen LogP contribution in [0, 0.1) is 62.4 Å². The van der Waals surface area contributed by atoms with Gasteiger partial charge in [-0.1, -0.05) is 0 Å². The zero-order valence-corrected chi connectivity index (χ0v) is 12.3. The molecule has 1 rings (SSSR count). The summed E-state index contributed by atoms with van der Waals surface area (Å²) in [7, 11) is 0. The van der Waals surface area contributed by atoms with Gasteiger partial charge < -0.3 is 20.8 Å². The largest absolute Gasteiger partial charge is 0.346 e. The minimum atomic E-state index is 0. The van der Waals surface area contributed by atoms with Crippen LogP contribution in [0.25, 0.3) is 0 Å². The molecule has 71 valence electrons. The summed E-state index contributed by atoms with van der Waals surface area (Å²) in [5.41, 5.74) is 0. The molecule has 0 bridgehead atoms. The quantitative estimate of drug-likeness (QED) is 0.595. The third-order valence-electron chi connectivity index (χ3n) is 0.586. The van der Waals surface area contributed by atoms with E-state index in [1.54, 1.807) is 20.8 Å². The first-order valence-electron chi connectivity index (χ1n) is 3.84. The molecular weight excluding hydrogens is 271 g/mol. The Balaban J connectivity index is -0.0000000406. The summed E-state index contributed by atoms with van der Waals surface area (Å²) < 4.78 is 0. The van der Waals surface area contributed by atoms with E-state index < -0.39 is 0 Å². The Bertz CT molecular complexity index is 63.1. The second-order valence-electron chi connectivity index (χ2n) is 1.00. The second-order valence-corrected chi connectivity index (χ2v) is 1.00. The maximum absolute atomic E-state index is 3.25. The number of hydrogen-bond donors (Lipinski definition) is 0. The molecule has 0 amide bonds. The molecule has 0 atom stereocenters. The van der Waals surface area contributed by atoms with Crippen molar-refractivity contribution in [3.63, 3.8) is 0 Å². The molecule has 0 N–H and O–H groups in total. The summed E-state index contributed by atoms with van der Waals surface area (Å²) in [4.78, 5) is 0. The van der Waals surface area contributed by atoms with Crippen molar-refractivity contribution in [2.24, 2.45) is 0 Å². The van der Waals surface area contributed by atoms with Crippen LogP contribution in [0.15, 0.2) is 18.2 Å². The molecule has 1 aliphatic rings. The summed E-state index contributed by atoms with van der Waals surface area (Å²) in [6.07, 6.45) is 10.0. The molecular formula is C11H20La-4. The van der Waals surface area contributed by atoms with Gasteiger partial charge in [-0.2, -0.15) is 26.8 Å². The molecule has 0 nitrogen and oxygen atoms in total. The normalized spacial score (nSPS) is 8.83. The van der Waals surface area contributed by atoms with Crippen LogP contribution in [-0.2, 0) is 0 Å². The van der Waals surface area contributed by atoms with Crippen molar-refractivity contribution in [2.75, 3.05) is 0 Å². The molecule has 0 unspecified atom stereocenters. The first-order valence-corrected chi connectivity index (χ1v) is 3.84. The van der Waals surface area contributed by atoms with Crippen LogP contribution in [0.1, 0.15) is 27.2 Å². The van der Waals surface area contributed by atoms with E-state index in [1.807, 2.05) is 12.2 Å². The van der Waals surface area contributed by atoms with Crippen molar-refractivity contribution in [3.8, 4) is 0 Å². The van der Waals surface area contributed by atoms with Gasteiger partial charge in [0, 0.05) is 35.6 Å². The van der Waals surface area contributed by atoms with Gasteiger partial charge in [0.1, 0.15) is 0 Å². The average Bonchev–Trinajstić information content (AvgIpc) is 2.71. The maximum Gasteiger partial charge on any atom is 0 e. The van der Waals surface area contributed by atoms with Crippen LogP contribution in [0.3, 0.4) is 0 Å². The molecule has 12 heavy (non-hydrogen) atoms. The Kier molecular flexibility index (Phi) is 79.0. The molecule has 0 heterocycles. The van der Waals surface area contributed by atoms with Gasteiger partial charge in [-0.05, 0) is 0 Å². The predicted molar refractivity (Wildman–Crippen MR) is 54.7 cm³/mol. The Morgan fingerprint density at radius 1 is 1.00 bits per heavy atom. The van der Waals surface area contributed by atoms with Gasteiger partial charge >= 0.3 is 0 Å². The first kappa shape index (κ1) is 23.0. The molecule has 0 aromatic rings. The molecule has 0 aromatic carbocycles. The molecule has 1 radical (unpaired) electrons. The standard InChI is InChI=1S/C5H5.3C2H5.La/c1-2-4-5-3-1;3*1-2;/h1-3H,4H2;3*1H2,2H3;/q4*-1;. The zero-order chi connectivity index (χ0) is 9.54. The van der Waals surface area contributed by atoms with Crippen molar-refractivity contribution >= 4 is 0 Å². The zero-order valence-electron chi connectivity index (χ0n) is 8.64. The fourth-order valence-corrected chi connectivity index (χ4v) is 0.340. The number of allylic oxidation sites excluding steroid dienone is 4. The van der Waals surface area contributed by atoms with Crippen molar-refractivity contribution < 1.29 is 35.6 Å². The number of rotatable bonds is 0. The van der Waals surface area contributed by atoms with E-state index in [9.17, 15) is 0 Å². The van der Waals surface area contributed by atoms with E-state index >= 15 is 0 Å². The Hall–Kier alpha value is 0.675. The van der Waals surface area contributed by atoms with Crippen LogP contribution in [-0.4, -0.2) is 0 Å². The van der Waals surface area contributed by atoms with Crippen molar-refractivity contribution in [1.82, 2.24) is 0 Å². The van der Waals surface area contributed by atoms with E-state index in [0.29, 0.717) is 0 Å². The summed E-state index contributed by atoms with van der Waals surface area (Å²) in [6, 6.07) is 0. The van der Waals surface area contributed by atoms with E-state index in [4.69, 9.17) is 0 Å². The van der Waals surface area contributed by atoms with E-state index in [2.05, 4.69) is 32.9 Å². The molecule has 1 heteroatoms. The van der Waals surface area contributed by atoms with Crippen LogP contribution < -0.4 is 0 Å². The summed E-state index contributed by atoms with van der Waals surface area (Å²) >= 11 is 0. The fraction of sp³-hybridized carbons (Fsp3) is 0.364. The number of hydrogen-bond acceptors (Lipinski definition) is 0. The Morgan fingerprint density at radius 2 is 1.42 bits per heavy atom. The first-order chi connectivity index (χ1) is 5.50. The van der Waals surface area contributed by atoms with Gasteiger partial charge in [-0.25, -0.2) is 12.2 Å². The van der Waals surface area contributed by atoms with Gasteiger partial charge in [-0.15, -0.1) is 6.42 Å². The minimum absolute atomic E-state index is 0. The van der Waals surface area contributed by atoms with Gasteiger partial charge in [0.15, 0.2) is 0 Å². The summed E-state index contributed by atoms with van der Waals surface area (Å²) in [5, 5.41) is 0. The van der Waals surface area contributed by atoms with Crippen LogP contribution in [0.5, 0.6) is 0 Å². The molecule has 0 saturated carbocycles. The van der Waals surface area contributed by atoms with E-state index in [0.717, 1.165) is 6.42 Å². The van der Waals surface area contributed by atoms with Crippen LogP contribution >= 0.6 is 0 Å². The molecule has 0 fully saturated rings. The molecule has 0 aliphatic heterocycles. The molecule has 1 aliphatic carbocycles.